The van der Waals surface area contributed by atoms with Crippen LogP contribution in [0.5, 0.6) is 5.75 Å². The Labute approximate surface area is 311 Å². The Morgan fingerprint density at radius 3 is 2.42 bits per heavy atom. The number of hydrogen-bond donors (Lipinski definition) is 5. The van der Waals surface area contributed by atoms with Crippen molar-refractivity contribution in [3.05, 3.63) is 35.7 Å². The van der Waals surface area contributed by atoms with Crippen LogP contribution in [0.2, 0.25) is 0 Å². The Hall–Kier alpha value is -4.50. The monoisotopic (exact) mass is 743 g/mol. The number of aromatic nitrogens is 1. The number of aromatic hydroxyl groups is 1. The van der Waals surface area contributed by atoms with Gasteiger partial charge in [0.15, 0.2) is 5.69 Å². The molecule has 0 spiro atoms. The van der Waals surface area contributed by atoms with Gasteiger partial charge in [-0.15, -0.1) is 0 Å². The van der Waals surface area contributed by atoms with Crippen LogP contribution in [0.4, 0.5) is 0 Å². The normalized spacial score (nSPS) is 16.3. The smallest absolute Gasteiger partial charge is 0.328 e. The van der Waals surface area contributed by atoms with Crippen LogP contribution in [-0.4, -0.2) is 91.5 Å². The first-order valence-corrected chi connectivity index (χ1v) is 18.9. The number of unbranched alkanes of at least 4 members (excludes halogenated alkanes) is 7. The summed E-state index contributed by atoms with van der Waals surface area (Å²) in [6.45, 7) is 6.72. The maximum Gasteiger partial charge on any atom is 0.328 e. The van der Waals surface area contributed by atoms with Gasteiger partial charge in [0.2, 0.25) is 17.7 Å². The number of amides is 4. The van der Waals surface area contributed by atoms with Crippen molar-refractivity contribution in [1.82, 2.24) is 25.7 Å². The molecule has 3 rings (SSSR count). The molecule has 5 N–H and O–H groups in total. The minimum absolute atomic E-state index is 0.0145. The SMILES string of the molecule is CCCCCCCCCC(OC(=O)C(CCCCN(O)C(C)=O)NC(=O)c1nc(-c2ccccc2O)oc1C)C(C)C(=O)NC1CCCCN(O)C1=O. The second kappa shape index (κ2) is 21.9. The lowest BCUT2D eigenvalue weighted by atomic mass is 9.96. The van der Waals surface area contributed by atoms with E-state index in [1.165, 1.54) is 19.9 Å². The molecular formula is C38H57N5O10. The van der Waals surface area contributed by atoms with Gasteiger partial charge in [-0.3, -0.25) is 29.6 Å². The fourth-order valence-corrected chi connectivity index (χ4v) is 6.19. The first-order valence-electron chi connectivity index (χ1n) is 18.9. The van der Waals surface area contributed by atoms with Crippen molar-refractivity contribution in [3.8, 4) is 17.2 Å². The maximum absolute atomic E-state index is 13.9. The first-order chi connectivity index (χ1) is 25.3. The Balaban J connectivity index is 1.80. The summed E-state index contributed by atoms with van der Waals surface area (Å²) < 4.78 is 11.7. The van der Waals surface area contributed by atoms with Crippen LogP contribution in [0.15, 0.2) is 28.7 Å². The van der Waals surface area contributed by atoms with Gasteiger partial charge < -0.3 is 24.9 Å². The number of esters is 1. The predicted octanol–water partition coefficient (Wildman–Crippen LogP) is 5.44. The molecule has 2 aromatic rings. The van der Waals surface area contributed by atoms with Crippen LogP contribution in [0.25, 0.3) is 11.5 Å². The van der Waals surface area contributed by atoms with E-state index in [2.05, 4.69) is 22.5 Å². The van der Waals surface area contributed by atoms with Crippen LogP contribution in [0, 0.1) is 12.8 Å². The number of para-hydroxylation sites is 1. The Bertz CT molecular complexity index is 1510. The molecule has 2 heterocycles. The number of ether oxygens (including phenoxy) is 1. The van der Waals surface area contributed by atoms with Gasteiger partial charge in [-0.1, -0.05) is 64.5 Å². The number of carbonyl (C=O) groups excluding carboxylic acids is 5. The highest BCUT2D eigenvalue weighted by atomic mass is 16.5. The third-order valence-corrected chi connectivity index (χ3v) is 9.52. The number of carbonyl (C=O) groups is 5. The average molecular weight is 744 g/mol. The predicted molar refractivity (Wildman–Crippen MR) is 194 cm³/mol. The molecular weight excluding hydrogens is 686 g/mol. The Morgan fingerprint density at radius 1 is 1.04 bits per heavy atom. The maximum atomic E-state index is 13.9. The highest BCUT2D eigenvalue weighted by Gasteiger charge is 2.35. The summed E-state index contributed by atoms with van der Waals surface area (Å²) in [6, 6.07) is 4.25. The van der Waals surface area contributed by atoms with E-state index in [4.69, 9.17) is 9.15 Å². The van der Waals surface area contributed by atoms with Gasteiger partial charge >= 0.3 is 5.97 Å². The Kier molecular flexibility index (Phi) is 17.7. The van der Waals surface area contributed by atoms with Gasteiger partial charge in [0.25, 0.3) is 11.8 Å². The summed E-state index contributed by atoms with van der Waals surface area (Å²) in [6.07, 6.45) is 8.81. The quantitative estimate of drug-likeness (QED) is 0.0470. The molecule has 0 radical (unpaired) electrons. The molecule has 0 bridgehead atoms. The summed E-state index contributed by atoms with van der Waals surface area (Å²) in [7, 11) is 0. The fraction of sp³-hybridized carbons (Fsp3) is 0.632. The number of nitrogens with zero attached hydrogens (tertiary/aromatic N) is 3. The minimum Gasteiger partial charge on any atom is -0.507 e. The number of hydroxylamine groups is 4. The van der Waals surface area contributed by atoms with E-state index in [1.54, 1.807) is 25.1 Å². The molecule has 294 valence electrons. The standard InChI is InChI=1S/C38H57N5O10/c1-5-6-7-8-9-10-11-22-32(25(2)34(46)39-29-19-14-17-24-43(51)37(29)48)53-38(49)30(20-15-16-23-42(50)27(4)44)40-35(47)33-26(3)52-36(41-33)28-18-12-13-21-31(28)45/h12-13,18,21,25,29-30,32,45,50-51H,5-11,14-17,19-20,22-24H2,1-4H3,(H,39,46)(H,40,47). The van der Waals surface area contributed by atoms with Crippen molar-refractivity contribution in [2.45, 2.75) is 136 Å². The van der Waals surface area contributed by atoms with Gasteiger partial charge in [-0.2, -0.15) is 0 Å². The molecule has 1 aromatic carbocycles. The zero-order valence-corrected chi connectivity index (χ0v) is 31.5. The minimum atomic E-state index is -1.20. The number of benzene rings is 1. The number of oxazole rings is 1. The van der Waals surface area contributed by atoms with Gasteiger partial charge in [0.05, 0.1) is 11.5 Å². The van der Waals surface area contributed by atoms with Gasteiger partial charge in [0.1, 0.15) is 29.7 Å². The highest BCUT2D eigenvalue weighted by molar-refractivity contribution is 5.96. The molecule has 0 aliphatic carbocycles. The van der Waals surface area contributed by atoms with Crippen LogP contribution < -0.4 is 10.6 Å². The summed E-state index contributed by atoms with van der Waals surface area (Å²) in [4.78, 5) is 69.5. The summed E-state index contributed by atoms with van der Waals surface area (Å²) in [5, 5.41) is 36.8. The average Bonchev–Trinajstić information content (AvgIpc) is 3.45. The van der Waals surface area contributed by atoms with E-state index < -0.39 is 53.7 Å². The fourth-order valence-electron chi connectivity index (χ4n) is 6.19. The van der Waals surface area contributed by atoms with Crippen LogP contribution in [-0.2, 0) is 23.9 Å². The van der Waals surface area contributed by atoms with Crippen molar-refractivity contribution >= 4 is 29.6 Å². The molecule has 1 saturated heterocycles. The van der Waals surface area contributed by atoms with Crippen molar-refractivity contribution in [2.24, 2.45) is 5.92 Å². The molecule has 53 heavy (non-hydrogen) atoms. The van der Waals surface area contributed by atoms with E-state index in [0.717, 1.165) is 38.5 Å². The van der Waals surface area contributed by atoms with E-state index in [0.29, 0.717) is 55.1 Å². The van der Waals surface area contributed by atoms with Gasteiger partial charge in [0, 0.05) is 20.0 Å². The molecule has 1 aromatic heterocycles. The molecule has 4 unspecified atom stereocenters. The topological polar surface area (TPSA) is 212 Å². The van der Waals surface area contributed by atoms with E-state index in [9.17, 15) is 39.5 Å². The second-order valence-corrected chi connectivity index (χ2v) is 13.8. The number of nitrogens with one attached hydrogen (secondary N) is 2. The summed E-state index contributed by atoms with van der Waals surface area (Å²) >= 11 is 0. The number of phenols is 1. The lowest BCUT2D eigenvalue weighted by Gasteiger charge is -2.28. The number of aryl methyl sites for hydroxylation is 1. The third-order valence-electron chi connectivity index (χ3n) is 9.52. The van der Waals surface area contributed by atoms with Crippen LogP contribution in [0.3, 0.4) is 0 Å². The zero-order valence-electron chi connectivity index (χ0n) is 31.5. The van der Waals surface area contributed by atoms with Crippen LogP contribution in [0.1, 0.15) is 127 Å². The van der Waals surface area contributed by atoms with Crippen molar-refractivity contribution in [1.29, 1.82) is 0 Å². The van der Waals surface area contributed by atoms with Crippen LogP contribution >= 0.6 is 0 Å². The van der Waals surface area contributed by atoms with Gasteiger partial charge in [-0.25, -0.2) is 19.9 Å². The molecule has 15 nitrogen and oxygen atoms in total. The molecule has 1 fully saturated rings. The molecule has 4 atom stereocenters. The molecule has 1 aliphatic rings. The third kappa shape index (κ3) is 13.5. The first kappa shape index (κ1) is 42.9. The largest absolute Gasteiger partial charge is 0.507 e. The lowest BCUT2D eigenvalue weighted by molar-refractivity contribution is -0.167. The molecule has 4 amide bonds. The second-order valence-electron chi connectivity index (χ2n) is 13.8. The van der Waals surface area contributed by atoms with Crippen molar-refractivity contribution < 1.29 is 48.6 Å². The highest BCUT2D eigenvalue weighted by Crippen LogP contribution is 2.29. The molecule has 0 saturated carbocycles. The van der Waals surface area contributed by atoms with E-state index in [1.807, 2.05) is 0 Å². The van der Waals surface area contributed by atoms with E-state index >= 15 is 0 Å². The van der Waals surface area contributed by atoms with Crippen molar-refractivity contribution in [2.75, 3.05) is 13.1 Å². The van der Waals surface area contributed by atoms with Gasteiger partial charge in [-0.05, 0) is 70.4 Å². The number of rotatable bonds is 21. The molecule has 1 aliphatic heterocycles. The summed E-state index contributed by atoms with van der Waals surface area (Å²) in [5.74, 6) is -3.92. The molecule has 15 heteroatoms. The Morgan fingerprint density at radius 2 is 1.72 bits per heavy atom. The summed E-state index contributed by atoms with van der Waals surface area (Å²) in [5.41, 5.74) is 0.180. The zero-order chi connectivity index (χ0) is 38.9. The van der Waals surface area contributed by atoms with E-state index in [-0.39, 0.29) is 48.2 Å². The lowest BCUT2D eigenvalue weighted by Crippen LogP contribution is -2.50. The number of hydrogen-bond acceptors (Lipinski definition) is 11. The van der Waals surface area contributed by atoms with Crippen molar-refractivity contribution in [3.63, 3.8) is 0 Å². The number of phenolic OH excluding ortho intramolecular Hbond substituents is 1.